The molecule has 98 valence electrons. The molecular formula is C13H20N4S. The Bertz CT molecular complexity index is 521. The van der Waals surface area contributed by atoms with Crippen LogP contribution in [0.1, 0.15) is 25.6 Å². The summed E-state index contributed by atoms with van der Waals surface area (Å²) in [6.07, 6.45) is 2.65. The van der Waals surface area contributed by atoms with Gasteiger partial charge in [-0.15, -0.1) is 11.3 Å². The molecule has 0 saturated carbocycles. The van der Waals surface area contributed by atoms with Gasteiger partial charge in [-0.05, 0) is 18.4 Å². The second-order valence-corrected chi connectivity index (χ2v) is 5.85. The van der Waals surface area contributed by atoms with Gasteiger partial charge in [0.25, 0.3) is 0 Å². The first-order chi connectivity index (χ1) is 8.65. The van der Waals surface area contributed by atoms with E-state index in [9.17, 15) is 0 Å². The number of thiophene rings is 1. The van der Waals surface area contributed by atoms with Gasteiger partial charge in [0.2, 0.25) is 0 Å². The predicted molar refractivity (Wildman–Crippen MR) is 78.1 cm³/mol. The van der Waals surface area contributed by atoms with Crippen LogP contribution in [0.25, 0.3) is 10.2 Å². The van der Waals surface area contributed by atoms with E-state index in [1.54, 1.807) is 17.7 Å². The van der Waals surface area contributed by atoms with E-state index < -0.39 is 0 Å². The molecule has 0 spiro atoms. The number of hydrogen-bond acceptors (Lipinski definition) is 5. The lowest BCUT2D eigenvalue weighted by Crippen LogP contribution is -2.34. The van der Waals surface area contributed by atoms with Crippen molar-refractivity contribution in [2.24, 2.45) is 11.7 Å². The number of rotatable bonds is 5. The van der Waals surface area contributed by atoms with Crippen molar-refractivity contribution in [2.45, 2.75) is 33.2 Å². The average Bonchev–Trinajstić information content (AvgIpc) is 2.79. The minimum atomic E-state index is 0.244. The van der Waals surface area contributed by atoms with Crippen molar-refractivity contribution < 1.29 is 0 Å². The lowest BCUT2D eigenvalue weighted by atomic mass is 10.0. The molecule has 0 saturated heterocycles. The second-order valence-electron chi connectivity index (χ2n) is 4.74. The number of hydrogen-bond donors (Lipinski definition) is 2. The van der Waals surface area contributed by atoms with Crippen molar-refractivity contribution in [3.05, 3.63) is 17.3 Å². The summed E-state index contributed by atoms with van der Waals surface area (Å²) in [6, 6.07) is 2.42. The highest BCUT2D eigenvalue weighted by Gasteiger charge is 2.14. The van der Waals surface area contributed by atoms with Gasteiger partial charge in [-0.2, -0.15) is 0 Å². The Morgan fingerprint density at radius 3 is 2.78 bits per heavy atom. The zero-order valence-corrected chi connectivity index (χ0v) is 11.9. The van der Waals surface area contributed by atoms with Crippen LogP contribution in [0.4, 0.5) is 5.82 Å². The Labute approximate surface area is 112 Å². The van der Waals surface area contributed by atoms with Crippen LogP contribution in [0.2, 0.25) is 0 Å². The Morgan fingerprint density at radius 1 is 1.39 bits per heavy atom. The maximum absolute atomic E-state index is 5.79. The topological polar surface area (TPSA) is 63.8 Å². The molecule has 0 bridgehead atoms. The van der Waals surface area contributed by atoms with Crippen LogP contribution in [0.3, 0.4) is 0 Å². The standard InChI is InChI=1S/C13H20N4S/c1-4-9-5-10-12(15-7-16-13(10)18-9)17-11(6-14)8(2)3/h5,7-8,11H,4,6,14H2,1-3H3,(H,15,16,17). The second kappa shape index (κ2) is 5.63. The molecule has 18 heavy (non-hydrogen) atoms. The van der Waals surface area contributed by atoms with Crippen LogP contribution in [0.5, 0.6) is 0 Å². The Hall–Kier alpha value is -1.20. The average molecular weight is 264 g/mol. The van der Waals surface area contributed by atoms with Gasteiger partial charge < -0.3 is 11.1 Å². The van der Waals surface area contributed by atoms with Gasteiger partial charge in [-0.3, -0.25) is 0 Å². The van der Waals surface area contributed by atoms with Crippen molar-refractivity contribution in [1.82, 2.24) is 9.97 Å². The number of aromatic nitrogens is 2. The van der Waals surface area contributed by atoms with E-state index in [1.807, 2.05) is 0 Å². The normalized spacial score (nSPS) is 13.2. The summed E-state index contributed by atoms with van der Waals surface area (Å²) < 4.78 is 0. The maximum atomic E-state index is 5.79. The lowest BCUT2D eigenvalue weighted by molar-refractivity contribution is 0.530. The molecular weight excluding hydrogens is 244 g/mol. The molecule has 0 aromatic carbocycles. The highest BCUT2D eigenvalue weighted by molar-refractivity contribution is 7.18. The zero-order chi connectivity index (χ0) is 13.1. The molecule has 1 unspecified atom stereocenters. The quantitative estimate of drug-likeness (QED) is 0.871. The molecule has 2 rings (SSSR count). The molecule has 5 heteroatoms. The molecule has 0 aliphatic heterocycles. The third-order valence-corrected chi connectivity index (χ3v) is 4.30. The van der Waals surface area contributed by atoms with E-state index in [0.29, 0.717) is 12.5 Å². The SMILES string of the molecule is CCc1cc2c(NC(CN)C(C)C)ncnc2s1. The van der Waals surface area contributed by atoms with Crippen molar-refractivity contribution in [2.75, 3.05) is 11.9 Å². The van der Waals surface area contributed by atoms with Gasteiger partial charge in [-0.25, -0.2) is 9.97 Å². The van der Waals surface area contributed by atoms with E-state index in [-0.39, 0.29) is 6.04 Å². The third kappa shape index (κ3) is 2.62. The molecule has 0 aliphatic carbocycles. The minimum Gasteiger partial charge on any atom is -0.365 e. The minimum absolute atomic E-state index is 0.244. The summed E-state index contributed by atoms with van der Waals surface area (Å²) >= 11 is 1.73. The van der Waals surface area contributed by atoms with Gasteiger partial charge >= 0.3 is 0 Å². The van der Waals surface area contributed by atoms with Gasteiger partial charge in [0.05, 0.1) is 5.39 Å². The first-order valence-corrected chi connectivity index (χ1v) is 7.17. The van der Waals surface area contributed by atoms with Crippen LogP contribution < -0.4 is 11.1 Å². The smallest absolute Gasteiger partial charge is 0.138 e. The summed E-state index contributed by atoms with van der Waals surface area (Å²) in [5.41, 5.74) is 5.79. The number of nitrogens with two attached hydrogens (primary N) is 1. The van der Waals surface area contributed by atoms with Crippen molar-refractivity contribution in [3.63, 3.8) is 0 Å². The third-order valence-electron chi connectivity index (χ3n) is 3.11. The summed E-state index contributed by atoms with van der Waals surface area (Å²) in [4.78, 5) is 11.1. The molecule has 3 N–H and O–H groups in total. The monoisotopic (exact) mass is 264 g/mol. The lowest BCUT2D eigenvalue weighted by Gasteiger charge is -2.21. The van der Waals surface area contributed by atoms with Crippen molar-refractivity contribution in [1.29, 1.82) is 0 Å². The zero-order valence-electron chi connectivity index (χ0n) is 11.1. The maximum Gasteiger partial charge on any atom is 0.138 e. The largest absolute Gasteiger partial charge is 0.365 e. The van der Waals surface area contributed by atoms with Gasteiger partial charge in [0, 0.05) is 17.5 Å². The molecule has 0 radical (unpaired) electrons. The van der Waals surface area contributed by atoms with Crippen LogP contribution in [0.15, 0.2) is 12.4 Å². The van der Waals surface area contributed by atoms with E-state index in [4.69, 9.17) is 5.73 Å². The van der Waals surface area contributed by atoms with Crippen molar-refractivity contribution >= 4 is 27.4 Å². The van der Waals surface area contributed by atoms with Crippen LogP contribution in [-0.4, -0.2) is 22.6 Å². The van der Waals surface area contributed by atoms with E-state index in [0.717, 1.165) is 22.5 Å². The molecule has 0 aliphatic rings. The number of nitrogens with zero attached hydrogens (tertiary/aromatic N) is 2. The molecule has 0 fully saturated rings. The Morgan fingerprint density at radius 2 is 2.17 bits per heavy atom. The Balaban J connectivity index is 2.35. The molecule has 2 aromatic heterocycles. The summed E-state index contributed by atoms with van der Waals surface area (Å²) in [6.45, 7) is 7.08. The van der Waals surface area contributed by atoms with E-state index in [2.05, 4.69) is 42.1 Å². The molecule has 2 heterocycles. The van der Waals surface area contributed by atoms with Gasteiger partial charge in [-0.1, -0.05) is 20.8 Å². The number of fused-ring (bicyclic) bond motifs is 1. The fraction of sp³-hybridized carbons (Fsp3) is 0.538. The molecule has 2 aromatic rings. The number of nitrogens with one attached hydrogen (secondary N) is 1. The summed E-state index contributed by atoms with van der Waals surface area (Å²) in [5.74, 6) is 1.38. The van der Waals surface area contributed by atoms with Gasteiger partial charge in [0.1, 0.15) is 17.0 Å². The van der Waals surface area contributed by atoms with Crippen molar-refractivity contribution in [3.8, 4) is 0 Å². The van der Waals surface area contributed by atoms with E-state index in [1.165, 1.54) is 4.88 Å². The summed E-state index contributed by atoms with van der Waals surface area (Å²) in [7, 11) is 0. The summed E-state index contributed by atoms with van der Waals surface area (Å²) in [5, 5.41) is 4.55. The van der Waals surface area contributed by atoms with E-state index >= 15 is 0 Å². The van der Waals surface area contributed by atoms with Crippen LogP contribution in [0, 0.1) is 5.92 Å². The first kappa shape index (κ1) is 13.2. The van der Waals surface area contributed by atoms with Gasteiger partial charge in [0.15, 0.2) is 0 Å². The fourth-order valence-electron chi connectivity index (χ4n) is 1.87. The highest BCUT2D eigenvalue weighted by atomic mass is 32.1. The van der Waals surface area contributed by atoms with Crippen LogP contribution >= 0.6 is 11.3 Å². The Kier molecular flexibility index (Phi) is 4.14. The molecule has 1 atom stereocenters. The highest BCUT2D eigenvalue weighted by Crippen LogP contribution is 2.29. The predicted octanol–water partition coefficient (Wildman–Crippen LogP) is 2.65. The van der Waals surface area contributed by atoms with Crippen LogP contribution in [-0.2, 0) is 6.42 Å². The number of anilines is 1. The fourth-order valence-corrected chi connectivity index (χ4v) is 2.80. The molecule has 0 amide bonds. The first-order valence-electron chi connectivity index (χ1n) is 6.35. The number of aryl methyl sites for hydroxylation is 1. The molecule has 4 nitrogen and oxygen atoms in total.